The summed E-state index contributed by atoms with van der Waals surface area (Å²) in [5, 5.41) is 11.6. The largest absolute Gasteiger partial charge is 0.418 e. The standard InChI is InChI=1S/C28H33F3N6O/c1-17(26(2,3)4)32-14-19-13-21-22(28(29,30)31)15-37(24(38)23(21)34-19)20-9-6-8-18(12-20)27(10-7-11-27)25-35-33-16-36(25)5/h6,8-9,12-13,15-17,32,34H,7,10-11,14H2,1-5H3/t17-/m1/s1. The average molecular weight is 527 g/mol. The number of nitrogens with one attached hydrogen (secondary N) is 2. The highest BCUT2D eigenvalue weighted by Gasteiger charge is 2.44. The Morgan fingerprint density at radius 3 is 2.50 bits per heavy atom. The summed E-state index contributed by atoms with van der Waals surface area (Å²) >= 11 is 0. The van der Waals surface area contributed by atoms with Crippen LogP contribution in [0.15, 0.2) is 47.7 Å². The Morgan fingerprint density at radius 2 is 1.92 bits per heavy atom. The number of halogens is 3. The highest BCUT2D eigenvalue weighted by Crippen LogP contribution is 2.48. The van der Waals surface area contributed by atoms with E-state index in [1.807, 2.05) is 24.6 Å². The Balaban J connectivity index is 1.60. The van der Waals surface area contributed by atoms with Gasteiger partial charge in [-0.1, -0.05) is 39.3 Å². The molecule has 1 aliphatic rings. The zero-order valence-corrected chi connectivity index (χ0v) is 22.3. The molecule has 1 fully saturated rings. The van der Waals surface area contributed by atoms with Crippen LogP contribution < -0.4 is 10.9 Å². The van der Waals surface area contributed by atoms with E-state index in [-0.39, 0.29) is 27.8 Å². The Kier molecular flexibility index (Phi) is 6.29. The molecule has 4 aromatic rings. The van der Waals surface area contributed by atoms with Crippen LogP contribution in [-0.2, 0) is 25.2 Å². The van der Waals surface area contributed by atoms with Crippen LogP contribution in [0.1, 0.15) is 69.6 Å². The second kappa shape index (κ2) is 9.11. The van der Waals surface area contributed by atoms with Crippen LogP contribution in [-0.4, -0.2) is 30.4 Å². The number of nitrogens with zero attached hydrogens (tertiary/aromatic N) is 4. The minimum Gasteiger partial charge on any atom is -0.353 e. The molecule has 1 aliphatic carbocycles. The summed E-state index contributed by atoms with van der Waals surface area (Å²) in [7, 11) is 1.88. The summed E-state index contributed by atoms with van der Waals surface area (Å²) in [4.78, 5) is 16.5. The van der Waals surface area contributed by atoms with Gasteiger partial charge < -0.3 is 14.9 Å². The first-order valence-corrected chi connectivity index (χ1v) is 12.8. The van der Waals surface area contributed by atoms with Crippen molar-refractivity contribution >= 4 is 10.9 Å². The number of hydrogen-bond donors (Lipinski definition) is 2. The SMILES string of the molecule is C[C@@H](NCc1cc2c(C(F)(F)F)cn(-c3cccc(C4(c5nncn5C)CCC4)c3)c(=O)c2[nH]1)C(C)(C)C. The first kappa shape index (κ1) is 26.2. The fourth-order valence-electron chi connectivity index (χ4n) is 5.19. The van der Waals surface area contributed by atoms with Gasteiger partial charge in [-0.15, -0.1) is 10.2 Å². The van der Waals surface area contributed by atoms with Crippen LogP contribution in [0.3, 0.4) is 0 Å². The Hall–Kier alpha value is -3.40. The highest BCUT2D eigenvalue weighted by molar-refractivity contribution is 5.84. The van der Waals surface area contributed by atoms with Gasteiger partial charge in [0.1, 0.15) is 17.7 Å². The Bertz CT molecular complexity index is 1530. The minimum atomic E-state index is -4.63. The fraction of sp³-hybridized carbons (Fsp3) is 0.464. The Labute approximate surface area is 219 Å². The highest BCUT2D eigenvalue weighted by atomic mass is 19.4. The van der Waals surface area contributed by atoms with Gasteiger partial charge in [0, 0.05) is 42.6 Å². The molecule has 7 nitrogen and oxygen atoms in total. The summed E-state index contributed by atoms with van der Waals surface area (Å²) in [5.74, 6) is 0.811. The summed E-state index contributed by atoms with van der Waals surface area (Å²) in [6.45, 7) is 8.60. The van der Waals surface area contributed by atoms with E-state index in [4.69, 9.17) is 0 Å². The van der Waals surface area contributed by atoms with E-state index < -0.39 is 17.3 Å². The van der Waals surface area contributed by atoms with E-state index in [1.165, 1.54) is 6.07 Å². The number of H-pyrrole nitrogens is 1. The summed E-state index contributed by atoms with van der Waals surface area (Å²) in [6, 6.07) is 8.74. The molecular formula is C28H33F3N6O. The topological polar surface area (TPSA) is 80.5 Å². The molecule has 1 atom stereocenters. The quantitative estimate of drug-likeness (QED) is 0.350. The second-order valence-electron chi connectivity index (χ2n) is 11.5. The lowest BCUT2D eigenvalue weighted by molar-refractivity contribution is -0.136. The third kappa shape index (κ3) is 4.44. The number of aryl methyl sites for hydroxylation is 1. The zero-order valence-electron chi connectivity index (χ0n) is 22.3. The second-order valence-corrected chi connectivity index (χ2v) is 11.5. The van der Waals surface area contributed by atoms with E-state index in [2.05, 4.69) is 41.3 Å². The summed E-state index contributed by atoms with van der Waals surface area (Å²) in [6.07, 6.45) is 0.643. The number of fused-ring (bicyclic) bond motifs is 1. The molecule has 0 bridgehead atoms. The maximum absolute atomic E-state index is 14.2. The van der Waals surface area contributed by atoms with Crippen LogP contribution in [0.4, 0.5) is 13.2 Å². The normalized spacial score (nSPS) is 16.5. The number of hydrogen-bond acceptors (Lipinski definition) is 4. The van der Waals surface area contributed by atoms with Gasteiger partial charge in [0.15, 0.2) is 0 Å². The van der Waals surface area contributed by atoms with Gasteiger partial charge in [-0.25, -0.2) is 0 Å². The van der Waals surface area contributed by atoms with Crippen LogP contribution in [0.25, 0.3) is 16.6 Å². The molecule has 10 heteroatoms. The van der Waals surface area contributed by atoms with E-state index >= 15 is 0 Å². The van der Waals surface area contributed by atoms with Crippen molar-refractivity contribution in [3.05, 3.63) is 75.9 Å². The van der Waals surface area contributed by atoms with E-state index in [0.29, 0.717) is 17.9 Å². The predicted octanol–water partition coefficient (Wildman–Crippen LogP) is 5.46. The van der Waals surface area contributed by atoms with Crippen molar-refractivity contribution in [2.24, 2.45) is 12.5 Å². The average Bonchev–Trinajstić information content (AvgIpc) is 3.43. The first-order valence-electron chi connectivity index (χ1n) is 12.8. The number of benzene rings is 1. The lowest BCUT2D eigenvalue weighted by Gasteiger charge is -2.41. The van der Waals surface area contributed by atoms with Gasteiger partial charge in [-0.05, 0) is 48.9 Å². The molecule has 0 unspecified atom stereocenters. The molecule has 1 saturated carbocycles. The minimum absolute atomic E-state index is 0.0241. The van der Waals surface area contributed by atoms with Crippen molar-refractivity contribution in [1.82, 2.24) is 29.6 Å². The number of aromatic nitrogens is 5. The molecule has 38 heavy (non-hydrogen) atoms. The van der Waals surface area contributed by atoms with Crippen molar-refractivity contribution in [2.45, 2.75) is 71.1 Å². The molecular weight excluding hydrogens is 493 g/mol. The molecule has 0 radical (unpaired) electrons. The monoisotopic (exact) mass is 526 g/mol. The number of alkyl halides is 3. The molecule has 1 aromatic carbocycles. The number of pyridine rings is 1. The van der Waals surface area contributed by atoms with Crippen molar-refractivity contribution in [3.8, 4) is 5.69 Å². The van der Waals surface area contributed by atoms with Gasteiger partial charge >= 0.3 is 6.18 Å². The van der Waals surface area contributed by atoms with Gasteiger partial charge in [0.25, 0.3) is 5.56 Å². The van der Waals surface area contributed by atoms with Gasteiger partial charge in [0.2, 0.25) is 0 Å². The first-order chi connectivity index (χ1) is 17.8. The van der Waals surface area contributed by atoms with Crippen molar-refractivity contribution in [2.75, 3.05) is 0 Å². The molecule has 0 amide bonds. The summed E-state index contributed by atoms with van der Waals surface area (Å²) < 4.78 is 45.6. The lowest BCUT2D eigenvalue weighted by atomic mass is 9.63. The Morgan fingerprint density at radius 1 is 1.18 bits per heavy atom. The zero-order chi connectivity index (χ0) is 27.5. The van der Waals surface area contributed by atoms with Gasteiger partial charge in [-0.2, -0.15) is 13.2 Å². The molecule has 0 saturated heterocycles. The van der Waals surface area contributed by atoms with Crippen LogP contribution >= 0.6 is 0 Å². The molecule has 3 heterocycles. The molecule has 5 rings (SSSR count). The number of aromatic amines is 1. The molecule has 0 spiro atoms. The van der Waals surface area contributed by atoms with Crippen molar-refractivity contribution in [3.63, 3.8) is 0 Å². The maximum Gasteiger partial charge on any atom is 0.418 e. The van der Waals surface area contributed by atoms with Crippen LogP contribution in [0, 0.1) is 5.41 Å². The maximum atomic E-state index is 14.2. The lowest BCUT2D eigenvalue weighted by Crippen LogP contribution is -2.38. The smallest absolute Gasteiger partial charge is 0.353 e. The molecule has 202 valence electrons. The van der Waals surface area contributed by atoms with Crippen LogP contribution in [0.2, 0.25) is 0 Å². The molecule has 0 aliphatic heterocycles. The van der Waals surface area contributed by atoms with E-state index in [9.17, 15) is 18.0 Å². The predicted molar refractivity (Wildman–Crippen MR) is 140 cm³/mol. The van der Waals surface area contributed by atoms with E-state index in [0.717, 1.165) is 41.4 Å². The van der Waals surface area contributed by atoms with E-state index in [1.54, 1.807) is 24.5 Å². The van der Waals surface area contributed by atoms with Gasteiger partial charge in [-0.3, -0.25) is 9.36 Å². The van der Waals surface area contributed by atoms with Crippen molar-refractivity contribution in [1.29, 1.82) is 0 Å². The summed E-state index contributed by atoms with van der Waals surface area (Å²) in [5.41, 5.74) is -0.0231. The van der Waals surface area contributed by atoms with Gasteiger partial charge in [0.05, 0.1) is 11.0 Å². The van der Waals surface area contributed by atoms with Crippen molar-refractivity contribution < 1.29 is 13.2 Å². The third-order valence-corrected chi connectivity index (χ3v) is 8.08. The number of rotatable bonds is 6. The van der Waals surface area contributed by atoms with Crippen LogP contribution in [0.5, 0.6) is 0 Å². The fourth-order valence-corrected chi connectivity index (χ4v) is 5.19. The molecule has 2 N–H and O–H groups in total. The molecule has 3 aromatic heterocycles. The third-order valence-electron chi connectivity index (χ3n) is 8.08.